The molecule has 0 unspecified atom stereocenters. The molecule has 5 nitrogen and oxygen atoms in total. The van der Waals surface area contributed by atoms with E-state index in [9.17, 15) is 4.79 Å². The highest BCUT2D eigenvalue weighted by molar-refractivity contribution is 6.30. The number of ether oxygens (including phenoxy) is 2. The molecule has 1 amide bonds. The van der Waals surface area contributed by atoms with Crippen LogP contribution in [0.15, 0.2) is 72.8 Å². The molecular formula is C29H29ClN2O3. The second kappa shape index (κ2) is 8.97. The molecular weight excluding hydrogens is 460 g/mol. The van der Waals surface area contributed by atoms with Crippen LogP contribution in [0, 0.1) is 0 Å². The number of halogens is 1. The van der Waals surface area contributed by atoms with Crippen molar-refractivity contribution >= 4 is 29.3 Å². The predicted molar refractivity (Wildman–Crippen MR) is 140 cm³/mol. The highest BCUT2D eigenvalue weighted by atomic mass is 35.5. The zero-order valence-corrected chi connectivity index (χ0v) is 20.9. The van der Waals surface area contributed by atoms with E-state index in [1.807, 2.05) is 55.5 Å². The smallest absolute Gasteiger partial charge is 0.241 e. The molecule has 0 saturated carbocycles. The van der Waals surface area contributed by atoms with Gasteiger partial charge in [-0.3, -0.25) is 4.79 Å². The number of fused-ring (bicyclic) bond motifs is 3. The van der Waals surface area contributed by atoms with Crippen LogP contribution in [-0.2, 0) is 16.8 Å². The molecule has 5 rings (SSSR count). The van der Waals surface area contributed by atoms with Crippen LogP contribution in [0.1, 0.15) is 37.5 Å². The van der Waals surface area contributed by atoms with Crippen LogP contribution in [-0.4, -0.2) is 24.7 Å². The van der Waals surface area contributed by atoms with Crippen molar-refractivity contribution in [3.8, 4) is 11.5 Å². The van der Waals surface area contributed by atoms with Gasteiger partial charge in [-0.2, -0.15) is 0 Å². The molecule has 0 aromatic heterocycles. The van der Waals surface area contributed by atoms with Gasteiger partial charge in [0.25, 0.3) is 0 Å². The summed E-state index contributed by atoms with van der Waals surface area (Å²) in [7, 11) is 0. The van der Waals surface area contributed by atoms with E-state index in [0.29, 0.717) is 36.3 Å². The van der Waals surface area contributed by atoms with E-state index < -0.39 is 5.66 Å². The Hall–Kier alpha value is -3.44. The van der Waals surface area contributed by atoms with Gasteiger partial charge in [0.1, 0.15) is 12.3 Å². The highest BCUT2D eigenvalue weighted by Crippen LogP contribution is 2.52. The number of nitrogens with zero attached hydrogens (tertiary/aromatic N) is 1. The molecule has 3 aromatic rings. The van der Waals surface area contributed by atoms with Gasteiger partial charge in [-0.15, -0.1) is 0 Å². The fraction of sp³-hybridized carbons (Fsp3) is 0.276. The van der Waals surface area contributed by atoms with Crippen molar-refractivity contribution in [2.24, 2.45) is 0 Å². The third kappa shape index (κ3) is 4.04. The number of rotatable bonds is 7. The summed E-state index contributed by atoms with van der Waals surface area (Å²) in [6, 6.07) is 21.8. The molecule has 2 heterocycles. The predicted octanol–water partition coefficient (Wildman–Crippen LogP) is 5.95. The minimum Gasteiger partial charge on any atom is -0.490 e. The highest BCUT2D eigenvalue weighted by Gasteiger charge is 2.59. The van der Waals surface area contributed by atoms with Crippen LogP contribution in [0.5, 0.6) is 11.5 Å². The lowest BCUT2D eigenvalue weighted by Gasteiger charge is -2.40. The van der Waals surface area contributed by atoms with Gasteiger partial charge in [0.15, 0.2) is 11.5 Å². The third-order valence-electron chi connectivity index (χ3n) is 6.97. The second-order valence-electron chi connectivity index (χ2n) is 9.43. The number of anilines is 1. The Kier molecular flexibility index (Phi) is 5.97. The maximum atomic E-state index is 12.5. The van der Waals surface area contributed by atoms with E-state index in [1.165, 1.54) is 5.56 Å². The van der Waals surface area contributed by atoms with Crippen LogP contribution in [0.3, 0.4) is 0 Å². The molecule has 0 bridgehead atoms. The lowest BCUT2D eigenvalue weighted by Crippen LogP contribution is -2.58. The summed E-state index contributed by atoms with van der Waals surface area (Å²) in [6.45, 7) is 7.60. The van der Waals surface area contributed by atoms with E-state index in [4.69, 9.17) is 21.1 Å². The van der Waals surface area contributed by atoms with E-state index in [1.54, 1.807) is 0 Å². The summed E-state index contributed by atoms with van der Waals surface area (Å²) in [4.78, 5) is 14.7. The molecule has 0 radical (unpaired) electrons. The van der Waals surface area contributed by atoms with E-state index in [2.05, 4.69) is 54.4 Å². The Labute approximate surface area is 211 Å². The Balaban J connectivity index is 1.43. The standard InChI is InChI=1S/C29H29ClN2O3/c1-4-34-26-17-20(11-14-25(26)35-19-21-9-12-22(30)13-10-21)15-16-29-28(2,3)23-7-5-6-8-24(23)32(29)18-27(33)31-29/h5-17H,4,18-19H2,1-3H3,(H,31,33)/b16-15+/t29-/m0/s1. The molecule has 1 fully saturated rings. The van der Waals surface area contributed by atoms with Crippen LogP contribution >= 0.6 is 11.6 Å². The van der Waals surface area contributed by atoms with Crippen molar-refractivity contribution in [1.82, 2.24) is 5.32 Å². The molecule has 1 N–H and O–H groups in total. The zero-order chi connectivity index (χ0) is 24.6. The summed E-state index contributed by atoms with van der Waals surface area (Å²) >= 11 is 5.98. The topological polar surface area (TPSA) is 50.8 Å². The summed E-state index contributed by atoms with van der Waals surface area (Å²) in [5, 5.41) is 3.96. The molecule has 1 atom stereocenters. The maximum absolute atomic E-state index is 12.5. The summed E-state index contributed by atoms with van der Waals surface area (Å²) in [5.41, 5.74) is 3.38. The second-order valence-corrected chi connectivity index (χ2v) is 9.87. The third-order valence-corrected chi connectivity index (χ3v) is 7.22. The average Bonchev–Trinajstić information content (AvgIpc) is 3.28. The number of carbonyl (C=O) groups is 1. The number of amides is 1. The van der Waals surface area contributed by atoms with E-state index >= 15 is 0 Å². The molecule has 1 saturated heterocycles. The molecule has 0 spiro atoms. The van der Waals surface area contributed by atoms with Crippen molar-refractivity contribution in [3.63, 3.8) is 0 Å². The minimum atomic E-state index is -0.636. The van der Waals surface area contributed by atoms with Gasteiger partial charge in [0.05, 0.1) is 13.2 Å². The first-order valence-corrected chi connectivity index (χ1v) is 12.2. The van der Waals surface area contributed by atoms with Crippen LogP contribution in [0.25, 0.3) is 6.08 Å². The Morgan fingerprint density at radius 1 is 1.03 bits per heavy atom. The molecule has 180 valence electrons. The lowest BCUT2D eigenvalue weighted by atomic mass is 9.75. The van der Waals surface area contributed by atoms with Crippen LogP contribution in [0.2, 0.25) is 5.02 Å². The first-order chi connectivity index (χ1) is 16.8. The van der Waals surface area contributed by atoms with Gasteiger partial charge >= 0.3 is 0 Å². The van der Waals surface area contributed by atoms with Gasteiger partial charge in [0.2, 0.25) is 5.91 Å². The van der Waals surface area contributed by atoms with Crippen LogP contribution in [0.4, 0.5) is 5.69 Å². The number of carbonyl (C=O) groups excluding carboxylic acids is 1. The van der Waals surface area contributed by atoms with Gasteiger partial charge in [-0.25, -0.2) is 0 Å². The van der Waals surface area contributed by atoms with Gasteiger partial charge < -0.3 is 19.7 Å². The molecule has 3 aromatic carbocycles. The van der Waals surface area contributed by atoms with Crippen molar-refractivity contribution in [1.29, 1.82) is 0 Å². The molecule has 2 aliphatic heterocycles. The van der Waals surface area contributed by atoms with E-state index in [0.717, 1.165) is 16.8 Å². The van der Waals surface area contributed by atoms with E-state index in [-0.39, 0.29) is 11.3 Å². The Bertz CT molecular complexity index is 1290. The first kappa shape index (κ1) is 23.3. The molecule has 35 heavy (non-hydrogen) atoms. The number of para-hydroxylation sites is 1. The normalized spacial score (nSPS) is 20.0. The minimum absolute atomic E-state index is 0.0261. The Morgan fingerprint density at radius 3 is 2.57 bits per heavy atom. The van der Waals surface area contributed by atoms with Crippen molar-refractivity contribution < 1.29 is 14.3 Å². The fourth-order valence-electron chi connectivity index (χ4n) is 5.11. The van der Waals surface area contributed by atoms with Crippen molar-refractivity contribution in [2.75, 3.05) is 18.1 Å². The van der Waals surface area contributed by atoms with Crippen molar-refractivity contribution in [3.05, 3.63) is 94.5 Å². The SMILES string of the molecule is CCOc1cc(/C=C/[C@]23NC(=O)CN2c2ccccc2C3(C)C)ccc1OCc1ccc(Cl)cc1. The fourth-order valence-corrected chi connectivity index (χ4v) is 5.24. The zero-order valence-electron chi connectivity index (χ0n) is 20.2. The van der Waals surface area contributed by atoms with Gasteiger partial charge in [0, 0.05) is 16.1 Å². The molecule has 6 heteroatoms. The van der Waals surface area contributed by atoms with Gasteiger partial charge in [-0.1, -0.05) is 67.9 Å². The van der Waals surface area contributed by atoms with Crippen molar-refractivity contribution in [2.45, 2.75) is 38.5 Å². The maximum Gasteiger partial charge on any atom is 0.241 e. The average molecular weight is 489 g/mol. The first-order valence-electron chi connectivity index (χ1n) is 11.9. The quantitative estimate of drug-likeness (QED) is 0.446. The number of benzene rings is 3. The lowest BCUT2D eigenvalue weighted by molar-refractivity contribution is -0.118. The Morgan fingerprint density at radius 2 is 1.80 bits per heavy atom. The molecule has 2 aliphatic rings. The molecule has 0 aliphatic carbocycles. The van der Waals surface area contributed by atoms with Crippen LogP contribution < -0.4 is 19.7 Å². The number of hydrogen-bond donors (Lipinski definition) is 1. The number of nitrogens with one attached hydrogen (secondary N) is 1. The monoisotopic (exact) mass is 488 g/mol. The largest absolute Gasteiger partial charge is 0.490 e. The van der Waals surface area contributed by atoms with Gasteiger partial charge in [-0.05, 0) is 60.0 Å². The summed E-state index contributed by atoms with van der Waals surface area (Å²) in [5.74, 6) is 1.39. The number of hydrogen-bond acceptors (Lipinski definition) is 4. The summed E-state index contributed by atoms with van der Waals surface area (Å²) in [6.07, 6.45) is 4.16. The summed E-state index contributed by atoms with van der Waals surface area (Å²) < 4.78 is 11.9.